The number of nitrogens with zero attached hydrogens (tertiary/aromatic N) is 4. The molecule has 7 heteroatoms. The highest BCUT2D eigenvalue weighted by Gasteiger charge is 2.28. The summed E-state index contributed by atoms with van der Waals surface area (Å²) in [7, 11) is 0. The van der Waals surface area contributed by atoms with Gasteiger partial charge in [0.2, 0.25) is 5.89 Å². The van der Waals surface area contributed by atoms with Gasteiger partial charge in [-0.3, -0.25) is 9.47 Å². The molecule has 1 N–H and O–H groups in total. The summed E-state index contributed by atoms with van der Waals surface area (Å²) in [6.45, 7) is 5.93. The molecule has 0 unspecified atom stereocenters. The van der Waals surface area contributed by atoms with Crippen molar-refractivity contribution in [2.45, 2.75) is 45.2 Å². The number of H-pyrrole nitrogens is 1. The molecule has 0 amide bonds. The molecule has 0 spiro atoms. The van der Waals surface area contributed by atoms with E-state index in [0.29, 0.717) is 5.89 Å². The zero-order valence-corrected chi connectivity index (χ0v) is 14.6. The fourth-order valence-electron chi connectivity index (χ4n) is 3.71. The Morgan fingerprint density at radius 3 is 2.80 bits per heavy atom. The van der Waals surface area contributed by atoms with Gasteiger partial charge in [-0.05, 0) is 31.9 Å². The number of likely N-dealkylation sites (tertiary alicyclic amines) is 1. The van der Waals surface area contributed by atoms with Gasteiger partial charge in [-0.1, -0.05) is 24.2 Å². The van der Waals surface area contributed by atoms with Crippen LogP contribution in [0, 0.1) is 0 Å². The van der Waals surface area contributed by atoms with E-state index in [4.69, 9.17) is 4.52 Å². The zero-order valence-electron chi connectivity index (χ0n) is 14.6. The number of hydrogen-bond acceptors (Lipinski definition) is 5. The summed E-state index contributed by atoms with van der Waals surface area (Å²) in [5.74, 6) is 1.43. The van der Waals surface area contributed by atoms with E-state index in [-0.39, 0.29) is 17.8 Å². The number of fused-ring (bicyclic) bond motifs is 1. The van der Waals surface area contributed by atoms with E-state index < -0.39 is 0 Å². The minimum atomic E-state index is -0.0165. The first-order chi connectivity index (χ1) is 12.2. The van der Waals surface area contributed by atoms with Gasteiger partial charge in [0.1, 0.15) is 0 Å². The average molecular weight is 341 g/mol. The summed E-state index contributed by atoms with van der Waals surface area (Å²) in [6, 6.07) is 8.21. The summed E-state index contributed by atoms with van der Waals surface area (Å²) in [5, 5.41) is 3.99. The summed E-state index contributed by atoms with van der Waals surface area (Å²) in [5.41, 5.74) is 1.88. The van der Waals surface area contributed by atoms with Crippen molar-refractivity contribution in [3.8, 4) is 0 Å². The van der Waals surface area contributed by atoms with E-state index in [2.05, 4.69) is 26.9 Å². The van der Waals surface area contributed by atoms with Crippen molar-refractivity contribution < 1.29 is 4.52 Å². The van der Waals surface area contributed by atoms with Crippen molar-refractivity contribution in [3.63, 3.8) is 0 Å². The molecule has 0 aliphatic carbocycles. The molecule has 132 valence electrons. The first-order valence-electron chi connectivity index (χ1n) is 8.93. The molecule has 0 saturated carbocycles. The minimum absolute atomic E-state index is 0.0165. The van der Waals surface area contributed by atoms with Crippen LogP contribution >= 0.6 is 0 Å². The van der Waals surface area contributed by atoms with Crippen molar-refractivity contribution in [1.82, 2.24) is 24.6 Å². The van der Waals surface area contributed by atoms with Crippen molar-refractivity contribution in [2.24, 2.45) is 0 Å². The lowest BCUT2D eigenvalue weighted by Crippen LogP contribution is -2.38. The minimum Gasteiger partial charge on any atom is -0.338 e. The summed E-state index contributed by atoms with van der Waals surface area (Å²) in [4.78, 5) is 22.1. The van der Waals surface area contributed by atoms with Crippen LogP contribution in [0.5, 0.6) is 0 Å². The van der Waals surface area contributed by atoms with Crippen LogP contribution in [0.4, 0.5) is 0 Å². The number of rotatable bonds is 4. The molecule has 4 rings (SSSR count). The van der Waals surface area contributed by atoms with E-state index >= 15 is 0 Å². The number of imidazole rings is 1. The second kappa shape index (κ2) is 6.48. The Morgan fingerprint density at radius 2 is 2.08 bits per heavy atom. The number of aromatic nitrogens is 4. The van der Waals surface area contributed by atoms with Gasteiger partial charge in [0, 0.05) is 25.6 Å². The van der Waals surface area contributed by atoms with Crippen molar-refractivity contribution in [2.75, 3.05) is 13.1 Å². The molecule has 25 heavy (non-hydrogen) atoms. The van der Waals surface area contributed by atoms with Crippen LogP contribution in [0.3, 0.4) is 0 Å². The molecular formula is C18H23N5O2. The number of benzene rings is 1. The Balaban J connectivity index is 1.49. The molecule has 1 fully saturated rings. The Labute approximate surface area is 145 Å². The van der Waals surface area contributed by atoms with Gasteiger partial charge in [0.15, 0.2) is 5.82 Å². The van der Waals surface area contributed by atoms with Gasteiger partial charge in [-0.2, -0.15) is 4.98 Å². The highest BCUT2D eigenvalue weighted by atomic mass is 16.5. The van der Waals surface area contributed by atoms with Crippen molar-refractivity contribution >= 4 is 11.0 Å². The maximum Gasteiger partial charge on any atom is 0.326 e. The molecule has 1 aromatic carbocycles. The maximum atomic E-state index is 12.4. The number of piperidine rings is 1. The molecule has 2 aromatic heterocycles. The lowest BCUT2D eigenvalue weighted by atomic mass is 10.0. The average Bonchev–Trinajstić information content (AvgIpc) is 3.25. The fraction of sp³-hybridized carbons (Fsp3) is 0.500. The van der Waals surface area contributed by atoms with E-state index in [9.17, 15) is 4.79 Å². The van der Waals surface area contributed by atoms with Gasteiger partial charge in [-0.25, -0.2) is 4.79 Å². The third kappa shape index (κ3) is 2.89. The number of aromatic amines is 1. The molecule has 3 aromatic rings. The quantitative estimate of drug-likeness (QED) is 0.789. The summed E-state index contributed by atoms with van der Waals surface area (Å²) < 4.78 is 7.30. The maximum absolute atomic E-state index is 12.4. The number of nitrogens with one attached hydrogen (secondary N) is 1. The van der Waals surface area contributed by atoms with Gasteiger partial charge >= 0.3 is 5.69 Å². The van der Waals surface area contributed by atoms with Crippen LogP contribution in [0.1, 0.15) is 50.5 Å². The molecule has 1 aliphatic heterocycles. The van der Waals surface area contributed by atoms with Crippen molar-refractivity contribution in [3.05, 3.63) is 46.5 Å². The Bertz CT molecular complexity index is 917. The third-order valence-electron chi connectivity index (χ3n) is 5.19. The molecule has 7 nitrogen and oxygen atoms in total. The molecule has 0 bridgehead atoms. The van der Waals surface area contributed by atoms with Crippen LogP contribution in [-0.2, 0) is 6.42 Å². The standard InChI is InChI=1S/C18H23N5O2/c1-3-16-20-17(25-21-16)12(2)22-10-8-13(9-11-22)23-15-7-5-4-6-14(15)19-18(23)24/h4-7,12-13H,3,8-11H2,1-2H3,(H,19,24)/t12-/m0/s1. The Kier molecular flexibility index (Phi) is 4.17. The second-order valence-corrected chi connectivity index (χ2v) is 6.66. The number of hydrogen-bond donors (Lipinski definition) is 1. The van der Waals surface area contributed by atoms with E-state index in [1.54, 1.807) is 0 Å². The van der Waals surface area contributed by atoms with Crippen molar-refractivity contribution in [1.29, 1.82) is 0 Å². The van der Waals surface area contributed by atoms with E-state index in [1.165, 1.54) is 0 Å². The van der Waals surface area contributed by atoms with Gasteiger partial charge < -0.3 is 9.51 Å². The predicted octanol–water partition coefficient (Wildman–Crippen LogP) is 2.67. The second-order valence-electron chi connectivity index (χ2n) is 6.66. The Morgan fingerprint density at radius 1 is 1.32 bits per heavy atom. The first kappa shape index (κ1) is 16.1. The highest BCUT2D eigenvalue weighted by Crippen LogP contribution is 2.29. The lowest BCUT2D eigenvalue weighted by Gasteiger charge is -2.34. The van der Waals surface area contributed by atoms with Crippen LogP contribution in [-0.4, -0.2) is 37.7 Å². The molecular weight excluding hydrogens is 318 g/mol. The monoisotopic (exact) mass is 341 g/mol. The predicted molar refractivity (Wildman–Crippen MR) is 94.5 cm³/mol. The smallest absolute Gasteiger partial charge is 0.326 e. The molecule has 1 atom stereocenters. The number of para-hydroxylation sites is 2. The molecule has 0 radical (unpaired) electrons. The topological polar surface area (TPSA) is 80.0 Å². The largest absolute Gasteiger partial charge is 0.338 e. The van der Waals surface area contributed by atoms with Crippen LogP contribution in [0.2, 0.25) is 0 Å². The zero-order chi connectivity index (χ0) is 17.4. The van der Waals surface area contributed by atoms with Gasteiger partial charge in [0.05, 0.1) is 17.1 Å². The summed E-state index contributed by atoms with van der Waals surface area (Å²) >= 11 is 0. The summed E-state index contributed by atoms with van der Waals surface area (Å²) in [6.07, 6.45) is 2.64. The fourth-order valence-corrected chi connectivity index (χ4v) is 3.71. The Hall–Kier alpha value is -2.41. The molecule has 1 saturated heterocycles. The van der Waals surface area contributed by atoms with Crippen LogP contribution < -0.4 is 5.69 Å². The first-order valence-corrected chi connectivity index (χ1v) is 8.93. The third-order valence-corrected chi connectivity index (χ3v) is 5.19. The SMILES string of the molecule is CCc1noc([C@H](C)N2CCC(n3c(=O)[nH]c4ccccc43)CC2)n1. The molecule has 3 heterocycles. The molecule has 1 aliphatic rings. The van der Waals surface area contributed by atoms with E-state index in [0.717, 1.165) is 49.2 Å². The van der Waals surface area contributed by atoms with Crippen LogP contribution in [0.15, 0.2) is 33.6 Å². The van der Waals surface area contributed by atoms with Crippen LogP contribution in [0.25, 0.3) is 11.0 Å². The normalized spacial score (nSPS) is 18.0. The van der Waals surface area contributed by atoms with E-state index in [1.807, 2.05) is 35.8 Å². The highest BCUT2D eigenvalue weighted by molar-refractivity contribution is 5.75. The number of aryl methyl sites for hydroxylation is 1. The van der Waals surface area contributed by atoms with Gasteiger partial charge in [-0.15, -0.1) is 0 Å². The van der Waals surface area contributed by atoms with Gasteiger partial charge in [0.25, 0.3) is 0 Å². The lowest BCUT2D eigenvalue weighted by molar-refractivity contribution is 0.122.